The third-order valence-electron chi connectivity index (χ3n) is 5.23. The zero-order chi connectivity index (χ0) is 16.1. The van der Waals surface area contributed by atoms with Crippen LogP contribution in [0.3, 0.4) is 0 Å². The Hall–Kier alpha value is -1.20. The van der Waals surface area contributed by atoms with Crippen molar-refractivity contribution in [1.82, 2.24) is 15.2 Å². The van der Waals surface area contributed by atoms with E-state index in [0.717, 1.165) is 31.8 Å². The Labute approximate surface area is 143 Å². The summed E-state index contributed by atoms with van der Waals surface area (Å²) < 4.78 is 0.514. The molecule has 0 aromatic carbocycles. The van der Waals surface area contributed by atoms with Crippen LogP contribution < -0.4 is 5.32 Å². The van der Waals surface area contributed by atoms with Crippen LogP contribution in [-0.2, 0) is 0 Å². The first kappa shape index (κ1) is 16.7. The van der Waals surface area contributed by atoms with E-state index in [1.54, 1.807) is 12.3 Å². The number of aromatic amines is 1. The first-order valence-electron chi connectivity index (χ1n) is 8.93. The lowest BCUT2D eigenvalue weighted by Crippen LogP contribution is -2.46. The van der Waals surface area contributed by atoms with Crippen molar-refractivity contribution in [3.63, 3.8) is 0 Å². The number of hydrogen-bond acceptors (Lipinski definition) is 3. The number of aromatic nitrogens is 1. The second kappa shape index (κ2) is 8.06. The fourth-order valence-corrected chi connectivity index (χ4v) is 4.09. The van der Waals surface area contributed by atoms with Gasteiger partial charge in [-0.05, 0) is 43.7 Å². The summed E-state index contributed by atoms with van der Waals surface area (Å²) in [6, 6.07) is 3.88. The van der Waals surface area contributed by atoms with Crippen LogP contribution in [0, 0.1) is 10.6 Å². The van der Waals surface area contributed by atoms with Gasteiger partial charge < -0.3 is 15.2 Å². The number of nitrogens with zero attached hydrogens (tertiary/aromatic N) is 1. The predicted octanol–water partition coefficient (Wildman–Crippen LogP) is 3.52. The number of carbonyl (C=O) groups excluding carboxylic acids is 1. The van der Waals surface area contributed by atoms with Crippen LogP contribution >= 0.6 is 12.2 Å². The quantitative estimate of drug-likeness (QED) is 0.829. The molecule has 1 aliphatic carbocycles. The predicted molar refractivity (Wildman–Crippen MR) is 95.1 cm³/mol. The third-order valence-corrected chi connectivity index (χ3v) is 5.56. The fraction of sp³-hybridized carbons (Fsp3) is 0.667. The van der Waals surface area contributed by atoms with Gasteiger partial charge in [0.2, 0.25) is 0 Å². The Bertz CT molecular complexity index is 572. The number of rotatable bonds is 4. The van der Waals surface area contributed by atoms with Crippen molar-refractivity contribution >= 4 is 18.1 Å². The van der Waals surface area contributed by atoms with Crippen molar-refractivity contribution in [2.75, 3.05) is 19.6 Å². The average Bonchev–Trinajstić information content (AvgIpc) is 2.58. The summed E-state index contributed by atoms with van der Waals surface area (Å²) in [5.41, 5.74) is 0.576. The zero-order valence-corrected chi connectivity index (χ0v) is 14.5. The van der Waals surface area contributed by atoms with Gasteiger partial charge in [0.05, 0.1) is 5.56 Å². The molecular formula is C18H27N3OS. The molecule has 4 nitrogen and oxygen atoms in total. The lowest BCUT2D eigenvalue weighted by Gasteiger charge is -2.35. The van der Waals surface area contributed by atoms with Gasteiger partial charge in [0, 0.05) is 31.9 Å². The highest BCUT2D eigenvalue weighted by Crippen LogP contribution is 2.25. The molecule has 0 spiro atoms. The second-order valence-electron chi connectivity index (χ2n) is 6.97. The molecule has 5 heteroatoms. The molecule has 0 radical (unpaired) electrons. The van der Waals surface area contributed by atoms with Crippen LogP contribution in [0.4, 0.5) is 0 Å². The Balaban J connectivity index is 1.45. The van der Waals surface area contributed by atoms with E-state index in [1.165, 1.54) is 38.6 Å². The molecule has 0 bridgehead atoms. The van der Waals surface area contributed by atoms with Crippen LogP contribution in [0.5, 0.6) is 0 Å². The van der Waals surface area contributed by atoms with E-state index < -0.39 is 0 Å². The van der Waals surface area contributed by atoms with Crippen LogP contribution in [0.1, 0.15) is 55.3 Å². The number of H-pyrrole nitrogens is 1. The highest BCUT2D eigenvalue weighted by atomic mass is 32.1. The average molecular weight is 334 g/mol. The van der Waals surface area contributed by atoms with E-state index in [4.69, 9.17) is 12.2 Å². The minimum Gasteiger partial charge on any atom is -0.352 e. The molecule has 126 valence electrons. The van der Waals surface area contributed by atoms with Crippen LogP contribution in [0.15, 0.2) is 18.3 Å². The summed E-state index contributed by atoms with van der Waals surface area (Å²) in [4.78, 5) is 17.8. The van der Waals surface area contributed by atoms with Crippen LogP contribution in [-0.4, -0.2) is 41.5 Å². The lowest BCUT2D eigenvalue weighted by atomic mass is 9.88. The summed E-state index contributed by atoms with van der Waals surface area (Å²) >= 11 is 5.18. The van der Waals surface area contributed by atoms with Crippen molar-refractivity contribution in [2.24, 2.45) is 5.92 Å². The number of nitrogens with one attached hydrogen (secondary N) is 2. The Morgan fingerprint density at radius 1 is 1.22 bits per heavy atom. The highest BCUT2D eigenvalue weighted by molar-refractivity contribution is 7.71. The van der Waals surface area contributed by atoms with Crippen LogP contribution in [0.2, 0.25) is 0 Å². The minimum atomic E-state index is -0.0439. The topological polar surface area (TPSA) is 48.1 Å². The van der Waals surface area contributed by atoms with E-state index in [2.05, 4.69) is 15.2 Å². The lowest BCUT2D eigenvalue weighted by molar-refractivity contribution is 0.0900. The molecule has 1 aromatic heterocycles. The Morgan fingerprint density at radius 2 is 1.96 bits per heavy atom. The molecule has 0 atom stereocenters. The number of pyridine rings is 1. The second-order valence-corrected chi connectivity index (χ2v) is 7.37. The largest absolute Gasteiger partial charge is 0.352 e. The summed E-state index contributed by atoms with van der Waals surface area (Å²) in [7, 11) is 0. The zero-order valence-electron chi connectivity index (χ0n) is 13.7. The molecule has 1 saturated heterocycles. The van der Waals surface area contributed by atoms with Gasteiger partial charge in [0.25, 0.3) is 5.91 Å². The molecule has 2 aliphatic rings. The molecule has 1 saturated carbocycles. The first-order valence-corrected chi connectivity index (χ1v) is 9.34. The summed E-state index contributed by atoms with van der Waals surface area (Å²) in [6.07, 6.45) is 10.9. The van der Waals surface area contributed by atoms with Crippen molar-refractivity contribution in [3.05, 3.63) is 28.5 Å². The number of hydrogen-bond donors (Lipinski definition) is 2. The fourth-order valence-electron chi connectivity index (χ4n) is 3.86. The van der Waals surface area contributed by atoms with Gasteiger partial charge in [-0.3, -0.25) is 4.79 Å². The number of carbonyl (C=O) groups is 1. The number of piperidine rings is 1. The van der Waals surface area contributed by atoms with E-state index in [1.807, 2.05) is 6.07 Å². The van der Waals surface area contributed by atoms with Crippen molar-refractivity contribution in [2.45, 2.75) is 51.0 Å². The number of likely N-dealkylation sites (tertiary alicyclic amines) is 1. The molecule has 2 fully saturated rings. The number of amides is 1. The normalized spacial score (nSPS) is 21.2. The van der Waals surface area contributed by atoms with E-state index >= 15 is 0 Å². The molecule has 0 unspecified atom stereocenters. The highest BCUT2D eigenvalue weighted by Gasteiger charge is 2.24. The first-order chi connectivity index (χ1) is 11.2. The van der Waals surface area contributed by atoms with Crippen molar-refractivity contribution in [1.29, 1.82) is 0 Å². The maximum atomic E-state index is 12.3. The van der Waals surface area contributed by atoms with E-state index in [9.17, 15) is 4.79 Å². The van der Waals surface area contributed by atoms with Crippen molar-refractivity contribution < 1.29 is 4.79 Å². The molecule has 2 heterocycles. The minimum absolute atomic E-state index is 0.0439. The van der Waals surface area contributed by atoms with E-state index in [0.29, 0.717) is 10.2 Å². The molecule has 1 aromatic rings. The Kier molecular flexibility index (Phi) is 5.84. The standard InChI is InChI=1S/C18H27N3OS/c22-17(16-7-4-10-19-18(16)23)20-15-8-11-21(12-9-15)13-14-5-2-1-3-6-14/h4,7,10,14-15H,1-3,5-6,8-9,11-13H2,(H,19,23)(H,20,22). The molecule has 3 rings (SSSR count). The molecule has 1 aliphatic heterocycles. The van der Waals surface area contributed by atoms with Gasteiger partial charge in [0.1, 0.15) is 4.64 Å². The third kappa shape index (κ3) is 4.64. The van der Waals surface area contributed by atoms with Crippen LogP contribution in [0.25, 0.3) is 0 Å². The van der Waals surface area contributed by atoms with Gasteiger partial charge in [0.15, 0.2) is 0 Å². The maximum Gasteiger partial charge on any atom is 0.254 e. The summed E-state index contributed by atoms with van der Waals surface area (Å²) in [6.45, 7) is 3.46. The molecular weight excluding hydrogens is 306 g/mol. The molecule has 23 heavy (non-hydrogen) atoms. The van der Waals surface area contributed by atoms with Crippen molar-refractivity contribution in [3.8, 4) is 0 Å². The summed E-state index contributed by atoms with van der Waals surface area (Å²) in [5, 5.41) is 3.15. The Morgan fingerprint density at radius 3 is 2.65 bits per heavy atom. The monoisotopic (exact) mass is 333 g/mol. The van der Waals surface area contributed by atoms with Gasteiger partial charge in [-0.25, -0.2) is 0 Å². The summed E-state index contributed by atoms with van der Waals surface area (Å²) in [5.74, 6) is 0.857. The smallest absolute Gasteiger partial charge is 0.254 e. The van der Waals surface area contributed by atoms with Gasteiger partial charge >= 0.3 is 0 Å². The maximum absolute atomic E-state index is 12.3. The van der Waals surface area contributed by atoms with E-state index in [-0.39, 0.29) is 11.9 Å². The van der Waals surface area contributed by atoms with Gasteiger partial charge in [-0.1, -0.05) is 31.5 Å². The molecule has 1 amide bonds. The molecule has 2 N–H and O–H groups in total. The van der Waals surface area contributed by atoms with Gasteiger partial charge in [-0.2, -0.15) is 0 Å². The van der Waals surface area contributed by atoms with Gasteiger partial charge in [-0.15, -0.1) is 0 Å². The SMILES string of the molecule is O=C(NC1CCN(CC2CCCCC2)CC1)c1ccc[nH]c1=S.